The largest absolute Gasteiger partial charge is 0.487 e. The molecular formula is C17H16ClF3N2O2. The van der Waals surface area contributed by atoms with E-state index in [-0.39, 0.29) is 23.3 Å². The zero-order valence-electron chi connectivity index (χ0n) is 13.1. The van der Waals surface area contributed by atoms with E-state index in [4.69, 9.17) is 22.1 Å². The summed E-state index contributed by atoms with van der Waals surface area (Å²) in [6, 6.07) is 9.57. The SMILES string of the molecule is NCCNC(=O)c1cccc(COc2ccc(C(F)(F)F)cc2Cl)c1. The van der Waals surface area contributed by atoms with Gasteiger partial charge in [0.15, 0.2) is 0 Å². The number of carbonyl (C=O) groups excluding carboxylic acids is 1. The third kappa shape index (κ3) is 5.37. The molecule has 2 aromatic carbocycles. The molecule has 0 aliphatic rings. The van der Waals surface area contributed by atoms with Crippen molar-refractivity contribution in [3.8, 4) is 5.75 Å². The smallest absolute Gasteiger partial charge is 0.416 e. The number of rotatable bonds is 6. The summed E-state index contributed by atoms with van der Waals surface area (Å²) in [5, 5.41) is 2.51. The molecule has 3 N–H and O–H groups in total. The van der Waals surface area contributed by atoms with Gasteiger partial charge in [0.1, 0.15) is 12.4 Å². The number of nitrogens with two attached hydrogens (primary N) is 1. The van der Waals surface area contributed by atoms with Crippen molar-refractivity contribution in [1.29, 1.82) is 0 Å². The molecule has 0 fully saturated rings. The highest BCUT2D eigenvalue weighted by Gasteiger charge is 2.31. The molecule has 0 atom stereocenters. The monoisotopic (exact) mass is 372 g/mol. The van der Waals surface area contributed by atoms with Crippen molar-refractivity contribution in [3.05, 3.63) is 64.2 Å². The zero-order chi connectivity index (χ0) is 18.4. The van der Waals surface area contributed by atoms with Crippen molar-refractivity contribution in [2.24, 2.45) is 5.73 Å². The van der Waals surface area contributed by atoms with Gasteiger partial charge in [0.2, 0.25) is 0 Å². The molecule has 1 amide bonds. The van der Waals surface area contributed by atoms with Gasteiger partial charge in [0, 0.05) is 18.7 Å². The topological polar surface area (TPSA) is 64.3 Å². The maximum Gasteiger partial charge on any atom is 0.416 e. The Morgan fingerprint density at radius 1 is 1.20 bits per heavy atom. The lowest BCUT2D eigenvalue weighted by molar-refractivity contribution is -0.137. The summed E-state index contributed by atoms with van der Waals surface area (Å²) >= 11 is 5.84. The van der Waals surface area contributed by atoms with Crippen LogP contribution in [0.3, 0.4) is 0 Å². The minimum Gasteiger partial charge on any atom is -0.487 e. The first-order chi connectivity index (χ1) is 11.8. The van der Waals surface area contributed by atoms with Gasteiger partial charge >= 0.3 is 6.18 Å². The zero-order valence-corrected chi connectivity index (χ0v) is 13.8. The van der Waals surface area contributed by atoms with Gasteiger partial charge in [-0.3, -0.25) is 4.79 Å². The van der Waals surface area contributed by atoms with Gasteiger partial charge in [-0.15, -0.1) is 0 Å². The number of hydrogen-bond donors (Lipinski definition) is 2. The van der Waals surface area contributed by atoms with E-state index in [2.05, 4.69) is 5.32 Å². The molecule has 0 saturated heterocycles. The summed E-state index contributed by atoms with van der Waals surface area (Å²) in [6.45, 7) is 0.755. The lowest BCUT2D eigenvalue weighted by Gasteiger charge is -2.12. The number of amides is 1. The lowest BCUT2D eigenvalue weighted by Crippen LogP contribution is -2.29. The number of alkyl halides is 3. The Labute approximate surface area is 147 Å². The third-order valence-corrected chi connectivity index (χ3v) is 3.57. The van der Waals surface area contributed by atoms with E-state index in [0.29, 0.717) is 24.2 Å². The molecule has 2 rings (SSSR count). The molecule has 4 nitrogen and oxygen atoms in total. The van der Waals surface area contributed by atoms with Crippen LogP contribution in [0.1, 0.15) is 21.5 Å². The molecule has 0 spiro atoms. The molecular weight excluding hydrogens is 357 g/mol. The van der Waals surface area contributed by atoms with Crippen LogP contribution in [-0.4, -0.2) is 19.0 Å². The van der Waals surface area contributed by atoms with Gasteiger partial charge in [-0.1, -0.05) is 23.7 Å². The highest BCUT2D eigenvalue weighted by atomic mass is 35.5. The van der Waals surface area contributed by atoms with Crippen LogP contribution in [0.5, 0.6) is 5.75 Å². The van der Waals surface area contributed by atoms with Crippen molar-refractivity contribution in [2.45, 2.75) is 12.8 Å². The molecule has 2 aromatic rings. The Bertz CT molecular complexity index is 751. The maximum atomic E-state index is 12.6. The van der Waals surface area contributed by atoms with Crippen LogP contribution >= 0.6 is 11.6 Å². The van der Waals surface area contributed by atoms with E-state index in [9.17, 15) is 18.0 Å². The van der Waals surface area contributed by atoms with Crippen LogP contribution in [0.2, 0.25) is 5.02 Å². The first-order valence-electron chi connectivity index (χ1n) is 7.38. The molecule has 0 saturated carbocycles. The van der Waals surface area contributed by atoms with Crippen LogP contribution in [0, 0.1) is 0 Å². The number of halogens is 4. The maximum absolute atomic E-state index is 12.6. The van der Waals surface area contributed by atoms with Crippen LogP contribution in [0.4, 0.5) is 13.2 Å². The first kappa shape index (κ1) is 19.1. The second-order valence-electron chi connectivity index (χ2n) is 5.18. The summed E-state index contributed by atoms with van der Waals surface area (Å²) in [7, 11) is 0. The summed E-state index contributed by atoms with van der Waals surface area (Å²) < 4.78 is 43.3. The fourth-order valence-electron chi connectivity index (χ4n) is 2.05. The summed E-state index contributed by atoms with van der Waals surface area (Å²) in [5.74, 6) is -0.132. The Morgan fingerprint density at radius 3 is 2.60 bits per heavy atom. The van der Waals surface area contributed by atoms with E-state index in [1.807, 2.05) is 0 Å². The molecule has 8 heteroatoms. The summed E-state index contributed by atoms with van der Waals surface area (Å²) in [5.41, 5.74) is 5.60. The predicted octanol–water partition coefficient (Wildman–Crippen LogP) is 3.63. The van der Waals surface area contributed by atoms with E-state index < -0.39 is 11.7 Å². The first-order valence-corrected chi connectivity index (χ1v) is 7.76. The van der Waals surface area contributed by atoms with Gasteiger partial charge in [-0.05, 0) is 35.9 Å². The number of nitrogens with one attached hydrogen (secondary N) is 1. The highest BCUT2D eigenvalue weighted by Crippen LogP contribution is 2.34. The van der Waals surface area contributed by atoms with Gasteiger partial charge in [-0.2, -0.15) is 13.2 Å². The quantitative estimate of drug-likeness (QED) is 0.814. The van der Waals surface area contributed by atoms with Crippen molar-refractivity contribution >= 4 is 17.5 Å². The van der Waals surface area contributed by atoms with Crippen LogP contribution in [0.25, 0.3) is 0 Å². The minimum atomic E-state index is -4.46. The molecule has 0 heterocycles. The number of benzene rings is 2. The molecule has 0 aliphatic carbocycles. The standard InChI is InChI=1S/C17H16ClF3N2O2/c18-14-9-13(17(19,20)21)4-5-15(14)25-10-11-2-1-3-12(8-11)16(24)23-7-6-22/h1-5,8-9H,6-7,10,22H2,(H,23,24). The van der Waals surface area contributed by atoms with E-state index in [0.717, 1.165) is 12.1 Å². The molecule has 25 heavy (non-hydrogen) atoms. The molecule has 134 valence electrons. The summed E-state index contributed by atoms with van der Waals surface area (Å²) in [6.07, 6.45) is -4.46. The highest BCUT2D eigenvalue weighted by molar-refractivity contribution is 6.32. The second kappa shape index (κ2) is 8.22. The van der Waals surface area contributed by atoms with Crippen LogP contribution < -0.4 is 15.8 Å². The number of hydrogen-bond acceptors (Lipinski definition) is 3. The summed E-state index contributed by atoms with van der Waals surface area (Å²) in [4.78, 5) is 11.9. The van der Waals surface area contributed by atoms with Crippen LogP contribution in [0.15, 0.2) is 42.5 Å². The number of ether oxygens (including phenoxy) is 1. The van der Waals surface area contributed by atoms with Crippen molar-refractivity contribution < 1.29 is 22.7 Å². The van der Waals surface area contributed by atoms with E-state index in [1.165, 1.54) is 6.07 Å². The molecule has 0 bridgehead atoms. The fraction of sp³-hybridized carbons (Fsp3) is 0.235. The fourth-order valence-corrected chi connectivity index (χ4v) is 2.28. The molecule has 0 aliphatic heterocycles. The van der Waals surface area contributed by atoms with Crippen LogP contribution in [-0.2, 0) is 12.8 Å². The molecule has 0 radical (unpaired) electrons. The Morgan fingerprint density at radius 2 is 1.96 bits per heavy atom. The normalized spacial score (nSPS) is 11.2. The average molecular weight is 373 g/mol. The van der Waals surface area contributed by atoms with Crippen molar-refractivity contribution in [2.75, 3.05) is 13.1 Å². The predicted molar refractivity (Wildman–Crippen MR) is 88.6 cm³/mol. The number of carbonyl (C=O) groups is 1. The Kier molecular flexibility index (Phi) is 6.27. The molecule has 0 aromatic heterocycles. The van der Waals surface area contributed by atoms with Gasteiger partial charge < -0.3 is 15.8 Å². The Hall–Kier alpha value is -2.25. The van der Waals surface area contributed by atoms with E-state index >= 15 is 0 Å². The van der Waals surface area contributed by atoms with Gasteiger partial charge in [0.25, 0.3) is 5.91 Å². The minimum absolute atomic E-state index is 0.0586. The van der Waals surface area contributed by atoms with E-state index in [1.54, 1.807) is 24.3 Å². The third-order valence-electron chi connectivity index (χ3n) is 3.27. The van der Waals surface area contributed by atoms with Crippen molar-refractivity contribution in [3.63, 3.8) is 0 Å². The van der Waals surface area contributed by atoms with Gasteiger partial charge in [0.05, 0.1) is 10.6 Å². The van der Waals surface area contributed by atoms with Crippen molar-refractivity contribution in [1.82, 2.24) is 5.32 Å². The second-order valence-corrected chi connectivity index (χ2v) is 5.58. The average Bonchev–Trinajstić information content (AvgIpc) is 2.58. The Balaban J connectivity index is 2.05. The van der Waals surface area contributed by atoms with Gasteiger partial charge in [-0.25, -0.2) is 0 Å². The lowest BCUT2D eigenvalue weighted by atomic mass is 10.1. The molecule has 0 unspecified atom stereocenters.